The summed E-state index contributed by atoms with van der Waals surface area (Å²) in [6.45, 7) is 1.91. The highest BCUT2D eigenvalue weighted by Gasteiger charge is 2.29. The first kappa shape index (κ1) is 17.2. The summed E-state index contributed by atoms with van der Waals surface area (Å²) in [4.78, 5) is 6.14. The van der Waals surface area contributed by atoms with Crippen LogP contribution in [-0.2, 0) is 16.3 Å². The highest BCUT2D eigenvalue weighted by molar-refractivity contribution is 7.91. The van der Waals surface area contributed by atoms with E-state index in [0.717, 1.165) is 11.1 Å². The maximum Gasteiger partial charge on any atom is 0.235 e. The summed E-state index contributed by atoms with van der Waals surface area (Å²) in [5, 5.41) is -0.0488. The van der Waals surface area contributed by atoms with E-state index in [2.05, 4.69) is 4.98 Å². The summed E-state index contributed by atoms with van der Waals surface area (Å²) in [5.41, 5.74) is 2.00. The number of aromatic nitrogens is 1. The summed E-state index contributed by atoms with van der Waals surface area (Å²) < 4.78 is 31.7. The van der Waals surface area contributed by atoms with Crippen LogP contribution < -0.4 is 4.90 Å². The minimum atomic E-state index is -3.75. The average Bonchev–Trinajstić information content (AvgIpc) is 3.01. The average molecular weight is 356 g/mol. The van der Waals surface area contributed by atoms with Crippen LogP contribution in [0.15, 0.2) is 68.9 Å². The molecule has 25 heavy (non-hydrogen) atoms. The van der Waals surface area contributed by atoms with Gasteiger partial charge in [-0.05, 0) is 24.6 Å². The van der Waals surface area contributed by atoms with Crippen molar-refractivity contribution in [2.45, 2.75) is 23.3 Å². The molecule has 3 aromatic rings. The van der Waals surface area contributed by atoms with Crippen molar-refractivity contribution in [2.75, 3.05) is 19.0 Å². The predicted molar refractivity (Wildman–Crippen MR) is 96.7 cm³/mol. The van der Waals surface area contributed by atoms with Gasteiger partial charge < -0.3 is 9.32 Å². The first-order valence-corrected chi connectivity index (χ1v) is 9.39. The van der Waals surface area contributed by atoms with Crippen LogP contribution in [0.4, 0.5) is 5.88 Å². The van der Waals surface area contributed by atoms with Gasteiger partial charge in [0, 0.05) is 20.5 Å². The lowest BCUT2D eigenvalue weighted by Crippen LogP contribution is -2.13. The molecule has 0 radical (unpaired) electrons. The van der Waals surface area contributed by atoms with E-state index in [-0.39, 0.29) is 15.8 Å². The van der Waals surface area contributed by atoms with E-state index < -0.39 is 9.84 Å². The molecule has 0 amide bonds. The van der Waals surface area contributed by atoms with Crippen molar-refractivity contribution in [3.05, 3.63) is 71.6 Å². The second-order valence-electron chi connectivity index (χ2n) is 6.09. The summed E-state index contributed by atoms with van der Waals surface area (Å²) in [6, 6.07) is 16.4. The van der Waals surface area contributed by atoms with Gasteiger partial charge in [0.15, 0.2) is 0 Å². The minimum Gasteiger partial charge on any atom is -0.423 e. The molecular formula is C19H20N2O3S. The van der Waals surface area contributed by atoms with Crippen LogP contribution in [0.25, 0.3) is 0 Å². The molecule has 2 aromatic carbocycles. The highest BCUT2D eigenvalue weighted by Crippen LogP contribution is 2.30. The topological polar surface area (TPSA) is 63.4 Å². The Labute approximate surface area is 147 Å². The zero-order chi connectivity index (χ0) is 18.0. The Morgan fingerprint density at radius 3 is 2.24 bits per heavy atom. The molecule has 0 fully saturated rings. The van der Waals surface area contributed by atoms with Gasteiger partial charge >= 0.3 is 0 Å². The van der Waals surface area contributed by atoms with Gasteiger partial charge in [0.05, 0.1) is 4.90 Å². The summed E-state index contributed by atoms with van der Waals surface area (Å²) in [5.74, 6) is 0.618. The van der Waals surface area contributed by atoms with Crippen molar-refractivity contribution in [3.8, 4) is 0 Å². The maximum atomic E-state index is 13.0. The van der Waals surface area contributed by atoms with E-state index in [9.17, 15) is 8.42 Å². The standard InChI is InChI=1S/C19H20N2O3S/c1-14-9-11-16(12-10-14)25(22,23)18-19(21(2)3)24-17(20-18)13-15-7-5-4-6-8-15/h4-12H,13H2,1-3H3. The number of aryl methyl sites for hydroxylation is 1. The lowest BCUT2D eigenvalue weighted by atomic mass is 10.2. The third kappa shape index (κ3) is 3.58. The lowest BCUT2D eigenvalue weighted by molar-refractivity contribution is 0.506. The highest BCUT2D eigenvalue weighted by atomic mass is 32.2. The molecule has 0 aliphatic rings. The lowest BCUT2D eigenvalue weighted by Gasteiger charge is -2.10. The van der Waals surface area contributed by atoms with E-state index in [1.54, 1.807) is 43.3 Å². The summed E-state index contributed by atoms with van der Waals surface area (Å²) >= 11 is 0. The second kappa shape index (κ2) is 6.72. The Hall–Kier alpha value is -2.60. The molecule has 0 unspecified atom stereocenters. The monoisotopic (exact) mass is 356 g/mol. The van der Waals surface area contributed by atoms with Gasteiger partial charge in [0.1, 0.15) is 0 Å². The smallest absolute Gasteiger partial charge is 0.235 e. The number of anilines is 1. The number of oxazole rings is 1. The number of rotatable bonds is 5. The fraction of sp³-hybridized carbons (Fsp3) is 0.211. The van der Waals surface area contributed by atoms with Crippen molar-refractivity contribution >= 4 is 15.7 Å². The Morgan fingerprint density at radius 2 is 1.64 bits per heavy atom. The zero-order valence-corrected chi connectivity index (χ0v) is 15.2. The van der Waals surface area contributed by atoms with E-state index in [1.165, 1.54) is 0 Å². The molecule has 3 rings (SSSR count). The van der Waals surface area contributed by atoms with Gasteiger partial charge in [0.2, 0.25) is 26.6 Å². The second-order valence-corrected chi connectivity index (χ2v) is 7.96. The third-order valence-corrected chi connectivity index (χ3v) is 5.48. The fourth-order valence-electron chi connectivity index (χ4n) is 2.47. The molecule has 130 valence electrons. The third-order valence-electron chi connectivity index (χ3n) is 3.81. The van der Waals surface area contributed by atoms with Gasteiger partial charge in [-0.25, -0.2) is 8.42 Å². The molecule has 0 bridgehead atoms. The molecule has 0 aliphatic carbocycles. The summed E-state index contributed by atoms with van der Waals surface area (Å²) in [7, 11) is -0.275. The molecule has 0 saturated heterocycles. The van der Waals surface area contributed by atoms with Crippen molar-refractivity contribution < 1.29 is 12.8 Å². The number of sulfone groups is 1. The van der Waals surface area contributed by atoms with Crippen molar-refractivity contribution in [3.63, 3.8) is 0 Å². The first-order chi connectivity index (χ1) is 11.9. The largest absolute Gasteiger partial charge is 0.423 e. The van der Waals surface area contributed by atoms with Crippen LogP contribution in [0.1, 0.15) is 17.0 Å². The van der Waals surface area contributed by atoms with Gasteiger partial charge in [-0.2, -0.15) is 4.98 Å². The van der Waals surface area contributed by atoms with Crippen LogP contribution in [0.5, 0.6) is 0 Å². The maximum absolute atomic E-state index is 13.0. The Bertz CT molecular complexity index is 960. The molecule has 0 N–H and O–H groups in total. The Kier molecular flexibility index (Phi) is 4.63. The van der Waals surface area contributed by atoms with Crippen molar-refractivity contribution in [1.82, 2.24) is 4.98 Å². The van der Waals surface area contributed by atoms with Crippen LogP contribution in [0.2, 0.25) is 0 Å². The van der Waals surface area contributed by atoms with Crippen LogP contribution in [0.3, 0.4) is 0 Å². The van der Waals surface area contributed by atoms with Gasteiger partial charge in [0.25, 0.3) is 0 Å². The zero-order valence-electron chi connectivity index (χ0n) is 14.4. The SMILES string of the molecule is Cc1ccc(S(=O)(=O)c2nc(Cc3ccccc3)oc2N(C)C)cc1. The van der Waals surface area contributed by atoms with Crippen LogP contribution in [-0.4, -0.2) is 27.5 Å². The Balaban J connectivity index is 2.04. The van der Waals surface area contributed by atoms with Crippen LogP contribution >= 0.6 is 0 Å². The molecule has 0 aliphatic heterocycles. The van der Waals surface area contributed by atoms with Gasteiger partial charge in [-0.1, -0.05) is 48.0 Å². The molecule has 0 atom stereocenters. The van der Waals surface area contributed by atoms with E-state index >= 15 is 0 Å². The number of hydrogen-bond acceptors (Lipinski definition) is 5. The number of benzene rings is 2. The molecule has 5 nitrogen and oxygen atoms in total. The molecule has 6 heteroatoms. The molecular weight excluding hydrogens is 336 g/mol. The van der Waals surface area contributed by atoms with Gasteiger partial charge in [-0.15, -0.1) is 0 Å². The van der Waals surface area contributed by atoms with E-state index in [0.29, 0.717) is 12.3 Å². The van der Waals surface area contributed by atoms with E-state index in [1.807, 2.05) is 37.3 Å². The predicted octanol–water partition coefficient (Wildman–Crippen LogP) is 3.47. The number of nitrogens with zero attached hydrogens (tertiary/aromatic N) is 2. The molecule has 0 saturated carbocycles. The van der Waals surface area contributed by atoms with Crippen molar-refractivity contribution in [2.24, 2.45) is 0 Å². The normalized spacial score (nSPS) is 11.5. The molecule has 1 heterocycles. The summed E-state index contributed by atoms with van der Waals surface area (Å²) in [6.07, 6.45) is 0.436. The van der Waals surface area contributed by atoms with Crippen molar-refractivity contribution in [1.29, 1.82) is 0 Å². The van der Waals surface area contributed by atoms with Gasteiger partial charge in [-0.3, -0.25) is 0 Å². The van der Waals surface area contributed by atoms with E-state index in [4.69, 9.17) is 4.42 Å². The fourth-order valence-corrected chi connectivity index (χ4v) is 3.87. The molecule has 1 aromatic heterocycles. The van der Waals surface area contributed by atoms with Crippen LogP contribution in [0, 0.1) is 6.92 Å². The Morgan fingerprint density at radius 1 is 1.00 bits per heavy atom. The molecule has 0 spiro atoms. The number of hydrogen-bond donors (Lipinski definition) is 0. The minimum absolute atomic E-state index is 0.0488. The first-order valence-electron chi connectivity index (χ1n) is 7.90. The quantitative estimate of drug-likeness (QED) is 0.700.